The summed E-state index contributed by atoms with van der Waals surface area (Å²) >= 11 is 0. The van der Waals surface area contributed by atoms with Crippen molar-refractivity contribution in [1.29, 1.82) is 0 Å². The molecule has 0 aliphatic rings. The number of hydrogen-bond acceptors (Lipinski definition) is 4. The topological polar surface area (TPSA) is 65.3 Å². The van der Waals surface area contributed by atoms with Crippen molar-refractivity contribution < 1.29 is 4.74 Å². The molecule has 0 aliphatic heterocycles. The van der Waals surface area contributed by atoms with Gasteiger partial charge in [-0.25, -0.2) is 4.79 Å². The summed E-state index contributed by atoms with van der Waals surface area (Å²) in [5, 5.41) is 3.12. The lowest BCUT2D eigenvalue weighted by atomic mass is 10.4. The van der Waals surface area contributed by atoms with Gasteiger partial charge in [0, 0.05) is 45.6 Å². The van der Waals surface area contributed by atoms with Crippen LogP contribution in [0.4, 0.5) is 0 Å². The van der Waals surface area contributed by atoms with Gasteiger partial charge in [0.2, 0.25) is 0 Å². The van der Waals surface area contributed by atoms with Crippen LogP contribution in [0.25, 0.3) is 0 Å². The first kappa shape index (κ1) is 13.7. The Hall–Kier alpha value is -1.40. The number of rotatable bonds is 6. The van der Waals surface area contributed by atoms with Gasteiger partial charge in [0.15, 0.2) is 0 Å². The minimum atomic E-state index is -0.306. The highest BCUT2D eigenvalue weighted by molar-refractivity contribution is 5.01. The molecule has 1 aromatic heterocycles. The molecule has 0 aliphatic carbocycles. The molecule has 0 spiro atoms. The van der Waals surface area contributed by atoms with Gasteiger partial charge in [0.05, 0.1) is 6.61 Å². The SMILES string of the molecule is CCOCCNCc1cc(=O)n(C)c(=O)n1C. The Morgan fingerprint density at radius 3 is 2.65 bits per heavy atom. The van der Waals surface area contributed by atoms with Crippen molar-refractivity contribution in [3.63, 3.8) is 0 Å². The van der Waals surface area contributed by atoms with E-state index in [1.54, 1.807) is 7.05 Å². The Bertz CT molecular complexity index is 476. The summed E-state index contributed by atoms with van der Waals surface area (Å²) in [7, 11) is 3.12. The second-order valence-electron chi connectivity index (χ2n) is 3.75. The van der Waals surface area contributed by atoms with E-state index >= 15 is 0 Å². The number of hydrogen-bond donors (Lipinski definition) is 1. The Kier molecular flexibility index (Phi) is 5.11. The van der Waals surface area contributed by atoms with E-state index in [-0.39, 0.29) is 11.2 Å². The van der Waals surface area contributed by atoms with E-state index in [9.17, 15) is 9.59 Å². The van der Waals surface area contributed by atoms with Crippen LogP contribution in [0.15, 0.2) is 15.7 Å². The fraction of sp³-hybridized carbons (Fsp3) is 0.636. The van der Waals surface area contributed by atoms with Crippen LogP contribution >= 0.6 is 0 Å². The quantitative estimate of drug-likeness (QED) is 0.663. The molecule has 1 aromatic rings. The zero-order chi connectivity index (χ0) is 12.8. The largest absolute Gasteiger partial charge is 0.380 e. The fourth-order valence-corrected chi connectivity index (χ4v) is 1.45. The molecular weight excluding hydrogens is 222 g/mol. The molecule has 6 nitrogen and oxygen atoms in total. The highest BCUT2D eigenvalue weighted by Gasteiger charge is 2.04. The zero-order valence-corrected chi connectivity index (χ0v) is 10.5. The third-order valence-electron chi connectivity index (χ3n) is 2.56. The van der Waals surface area contributed by atoms with Gasteiger partial charge in [0.1, 0.15) is 0 Å². The predicted octanol–water partition coefficient (Wildman–Crippen LogP) is -0.790. The molecule has 0 radical (unpaired) electrons. The van der Waals surface area contributed by atoms with E-state index in [2.05, 4.69) is 5.32 Å². The van der Waals surface area contributed by atoms with Gasteiger partial charge in [-0.2, -0.15) is 0 Å². The molecule has 0 aromatic carbocycles. The monoisotopic (exact) mass is 241 g/mol. The second kappa shape index (κ2) is 6.36. The van der Waals surface area contributed by atoms with Crippen LogP contribution in [-0.2, 0) is 25.4 Å². The minimum absolute atomic E-state index is 0.283. The molecule has 0 saturated heterocycles. The summed E-state index contributed by atoms with van der Waals surface area (Å²) in [5.74, 6) is 0. The molecular formula is C11H19N3O3. The first-order valence-corrected chi connectivity index (χ1v) is 5.62. The maximum atomic E-state index is 11.6. The number of nitrogens with one attached hydrogen (secondary N) is 1. The van der Waals surface area contributed by atoms with Crippen LogP contribution in [0.5, 0.6) is 0 Å². The van der Waals surface area contributed by atoms with E-state index in [0.717, 1.165) is 4.57 Å². The molecule has 1 heterocycles. The standard InChI is InChI=1S/C11H19N3O3/c1-4-17-6-5-12-8-9-7-10(15)14(3)11(16)13(9)2/h7,12H,4-6,8H2,1-3H3. The van der Waals surface area contributed by atoms with Gasteiger partial charge in [0.25, 0.3) is 5.56 Å². The predicted molar refractivity (Wildman–Crippen MR) is 65.1 cm³/mol. The lowest BCUT2D eigenvalue weighted by Gasteiger charge is -2.10. The highest BCUT2D eigenvalue weighted by atomic mass is 16.5. The van der Waals surface area contributed by atoms with Crippen molar-refractivity contribution >= 4 is 0 Å². The van der Waals surface area contributed by atoms with Crippen molar-refractivity contribution in [2.45, 2.75) is 13.5 Å². The van der Waals surface area contributed by atoms with Gasteiger partial charge >= 0.3 is 5.69 Å². The van der Waals surface area contributed by atoms with Gasteiger partial charge in [-0.3, -0.25) is 13.9 Å². The van der Waals surface area contributed by atoms with Gasteiger partial charge in [-0.05, 0) is 6.92 Å². The number of nitrogens with zero attached hydrogens (tertiary/aromatic N) is 2. The minimum Gasteiger partial charge on any atom is -0.380 e. The molecule has 0 fully saturated rings. The summed E-state index contributed by atoms with van der Waals surface area (Å²) in [6, 6.07) is 1.47. The average molecular weight is 241 g/mol. The maximum Gasteiger partial charge on any atom is 0.330 e. The van der Waals surface area contributed by atoms with E-state index in [4.69, 9.17) is 4.74 Å². The Morgan fingerprint density at radius 2 is 2.00 bits per heavy atom. The van der Waals surface area contributed by atoms with E-state index in [0.29, 0.717) is 32.0 Å². The second-order valence-corrected chi connectivity index (χ2v) is 3.75. The van der Waals surface area contributed by atoms with E-state index in [1.165, 1.54) is 17.7 Å². The number of ether oxygens (including phenoxy) is 1. The lowest BCUT2D eigenvalue weighted by molar-refractivity contribution is 0.149. The highest BCUT2D eigenvalue weighted by Crippen LogP contribution is 1.89. The van der Waals surface area contributed by atoms with Crippen LogP contribution in [0.3, 0.4) is 0 Å². The zero-order valence-electron chi connectivity index (χ0n) is 10.5. The fourth-order valence-electron chi connectivity index (χ4n) is 1.45. The Balaban J connectivity index is 2.66. The normalized spacial score (nSPS) is 10.8. The van der Waals surface area contributed by atoms with Gasteiger partial charge in [-0.15, -0.1) is 0 Å². The summed E-state index contributed by atoms with van der Waals surface area (Å²) in [5.41, 5.74) is 0.0865. The molecule has 6 heteroatoms. The lowest BCUT2D eigenvalue weighted by Crippen LogP contribution is -2.39. The summed E-state index contributed by atoms with van der Waals surface area (Å²) < 4.78 is 7.73. The van der Waals surface area contributed by atoms with Crippen LogP contribution < -0.4 is 16.6 Å². The van der Waals surface area contributed by atoms with Crippen LogP contribution in [0, 0.1) is 0 Å². The number of aromatic nitrogens is 2. The van der Waals surface area contributed by atoms with Crippen LogP contribution in [-0.4, -0.2) is 28.9 Å². The van der Waals surface area contributed by atoms with E-state index in [1.807, 2.05) is 6.92 Å². The summed E-state index contributed by atoms with van der Waals surface area (Å²) in [4.78, 5) is 23.1. The van der Waals surface area contributed by atoms with Crippen molar-refractivity contribution in [1.82, 2.24) is 14.5 Å². The summed E-state index contributed by atoms with van der Waals surface area (Å²) in [6.07, 6.45) is 0. The third-order valence-corrected chi connectivity index (χ3v) is 2.56. The van der Waals surface area contributed by atoms with Crippen LogP contribution in [0.1, 0.15) is 12.6 Å². The van der Waals surface area contributed by atoms with E-state index < -0.39 is 0 Å². The first-order valence-electron chi connectivity index (χ1n) is 5.62. The van der Waals surface area contributed by atoms with Crippen molar-refractivity contribution in [3.05, 3.63) is 32.6 Å². The molecule has 0 atom stereocenters. The molecule has 0 saturated carbocycles. The molecule has 1 N–H and O–H groups in total. The molecule has 0 amide bonds. The first-order chi connectivity index (χ1) is 8.07. The van der Waals surface area contributed by atoms with Crippen molar-refractivity contribution in [2.75, 3.05) is 19.8 Å². The Labute approximate surface area is 99.8 Å². The van der Waals surface area contributed by atoms with Crippen molar-refractivity contribution in [3.8, 4) is 0 Å². The molecule has 0 unspecified atom stereocenters. The smallest absolute Gasteiger partial charge is 0.330 e. The summed E-state index contributed by atoms with van der Waals surface area (Å²) in [6.45, 7) is 4.41. The molecule has 17 heavy (non-hydrogen) atoms. The Morgan fingerprint density at radius 1 is 1.29 bits per heavy atom. The third kappa shape index (κ3) is 3.54. The average Bonchev–Trinajstić information content (AvgIpc) is 2.32. The van der Waals surface area contributed by atoms with Gasteiger partial charge in [-0.1, -0.05) is 0 Å². The molecule has 1 rings (SSSR count). The van der Waals surface area contributed by atoms with Crippen molar-refractivity contribution in [2.24, 2.45) is 14.1 Å². The molecule has 96 valence electrons. The van der Waals surface area contributed by atoms with Gasteiger partial charge < -0.3 is 10.1 Å². The van der Waals surface area contributed by atoms with Crippen LogP contribution in [0.2, 0.25) is 0 Å². The maximum absolute atomic E-state index is 11.6. The molecule has 0 bridgehead atoms.